The first-order chi connectivity index (χ1) is 17.0. The molecule has 198 valence electrons. The molecule has 3 atom stereocenters. The lowest BCUT2D eigenvalue weighted by atomic mass is 10.0. The van der Waals surface area contributed by atoms with Gasteiger partial charge >= 0.3 is 0 Å². The molecule has 1 aliphatic heterocycles. The van der Waals surface area contributed by atoms with Gasteiger partial charge in [0.25, 0.3) is 5.91 Å². The molecule has 1 fully saturated rings. The monoisotopic (exact) mass is 568 g/mol. The number of amides is 3. The maximum Gasteiger partial charge on any atom is 0.251 e. The minimum absolute atomic E-state index is 0.0977. The van der Waals surface area contributed by atoms with E-state index in [9.17, 15) is 23.6 Å². The van der Waals surface area contributed by atoms with Crippen LogP contribution in [0.5, 0.6) is 0 Å². The molecule has 6 N–H and O–H groups in total. The van der Waals surface area contributed by atoms with Crippen LogP contribution in [0.4, 0.5) is 4.39 Å². The first-order valence-corrected chi connectivity index (χ1v) is 12.7. The lowest BCUT2D eigenvalue weighted by molar-refractivity contribution is -0.141. The Labute approximate surface area is 218 Å². The van der Waals surface area contributed by atoms with Crippen LogP contribution in [-0.4, -0.2) is 72.3 Å². The van der Waals surface area contributed by atoms with Crippen molar-refractivity contribution in [3.63, 3.8) is 0 Å². The summed E-state index contributed by atoms with van der Waals surface area (Å²) >= 11 is 3.32. The van der Waals surface area contributed by atoms with Gasteiger partial charge in [-0.05, 0) is 55.9 Å². The minimum atomic E-state index is -1.22. The molecule has 36 heavy (non-hydrogen) atoms. The summed E-state index contributed by atoms with van der Waals surface area (Å²) in [5.41, 5.74) is 11.0. The quantitative estimate of drug-likeness (QED) is 0.169. The zero-order chi connectivity index (χ0) is 26.8. The Morgan fingerprint density at radius 3 is 2.42 bits per heavy atom. The average molecular weight is 569 g/mol. The lowest BCUT2D eigenvalue weighted by Crippen LogP contribution is -2.56. The van der Waals surface area contributed by atoms with Crippen molar-refractivity contribution in [1.29, 1.82) is 0 Å². The Morgan fingerprint density at radius 2 is 1.83 bits per heavy atom. The van der Waals surface area contributed by atoms with E-state index >= 15 is 0 Å². The number of aliphatic imine (C=N–C) groups is 1. The highest BCUT2D eigenvalue weighted by Crippen LogP contribution is 2.21. The van der Waals surface area contributed by atoms with Crippen molar-refractivity contribution in [2.24, 2.45) is 22.4 Å². The van der Waals surface area contributed by atoms with Crippen molar-refractivity contribution < 1.29 is 23.6 Å². The fourth-order valence-corrected chi connectivity index (χ4v) is 4.26. The number of nitrogens with zero attached hydrogens (tertiary/aromatic N) is 2. The molecule has 0 bridgehead atoms. The van der Waals surface area contributed by atoms with Gasteiger partial charge in [0, 0.05) is 23.1 Å². The molecular formula is C24H34BrFN6O4. The Balaban J connectivity index is 2.09. The number of nitrogens with one attached hydrogen (secondary N) is 2. The van der Waals surface area contributed by atoms with E-state index in [1.807, 2.05) is 13.8 Å². The fraction of sp³-hybridized carbons (Fsp3) is 0.542. The molecule has 0 spiro atoms. The highest BCUT2D eigenvalue weighted by molar-refractivity contribution is 9.10. The van der Waals surface area contributed by atoms with Crippen LogP contribution in [0.3, 0.4) is 0 Å². The number of guanidine groups is 1. The summed E-state index contributed by atoms with van der Waals surface area (Å²) in [7, 11) is 0. The molecular weight excluding hydrogens is 535 g/mol. The highest BCUT2D eigenvalue weighted by Gasteiger charge is 2.39. The molecule has 0 radical (unpaired) electrons. The van der Waals surface area contributed by atoms with E-state index in [0.717, 1.165) is 4.47 Å². The summed E-state index contributed by atoms with van der Waals surface area (Å²) in [5.74, 6) is -2.41. The number of halogens is 2. The first-order valence-electron chi connectivity index (χ1n) is 11.9. The average Bonchev–Trinajstić information content (AvgIpc) is 3.33. The van der Waals surface area contributed by atoms with E-state index in [0.29, 0.717) is 31.4 Å². The normalized spacial score (nSPS) is 16.8. The maximum absolute atomic E-state index is 13.4. The summed E-state index contributed by atoms with van der Waals surface area (Å²) in [6, 6.07) is 4.02. The van der Waals surface area contributed by atoms with E-state index < -0.39 is 42.4 Å². The van der Waals surface area contributed by atoms with Crippen LogP contribution in [0.25, 0.3) is 0 Å². The van der Waals surface area contributed by atoms with E-state index in [2.05, 4.69) is 31.6 Å². The van der Waals surface area contributed by atoms with Gasteiger partial charge in [-0.2, -0.15) is 0 Å². The number of nitrogens with two attached hydrogens (primary N) is 2. The third kappa shape index (κ3) is 8.28. The Morgan fingerprint density at radius 1 is 1.17 bits per heavy atom. The second kappa shape index (κ2) is 13.9. The van der Waals surface area contributed by atoms with Crippen LogP contribution >= 0.6 is 15.9 Å². The maximum atomic E-state index is 13.4. The predicted molar refractivity (Wildman–Crippen MR) is 138 cm³/mol. The van der Waals surface area contributed by atoms with Crippen molar-refractivity contribution in [2.75, 3.05) is 19.8 Å². The van der Waals surface area contributed by atoms with Gasteiger partial charge < -0.3 is 27.0 Å². The summed E-state index contributed by atoms with van der Waals surface area (Å²) in [4.78, 5) is 56.6. The van der Waals surface area contributed by atoms with Crippen molar-refractivity contribution in [2.45, 2.75) is 57.7 Å². The number of carbonyl (C=O) groups excluding carboxylic acids is 4. The van der Waals surface area contributed by atoms with Gasteiger partial charge in [0.05, 0.1) is 6.04 Å². The molecule has 2 rings (SSSR count). The van der Waals surface area contributed by atoms with Crippen molar-refractivity contribution in [3.8, 4) is 0 Å². The Hall–Kier alpha value is -3.02. The number of rotatable bonds is 12. The molecule has 1 aliphatic rings. The van der Waals surface area contributed by atoms with E-state index in [1.165, 1.54) is 4.90 Å². The van der Waals surface area contributed by atoms with Gasteiger partial charge in [-0.25, -0.2) is 4.39 Å². The van der Waals surface area contributed by atoms with Gasteiger partial charge in [0.2, 0.25) is 11.8 Å². The fourth-order valence-electron chi connectivity index (χ4n) is 4.00. The van der Waals surface area contributed by atoms with Crippen LogP contribution in [0.15, 0.2) is 33.7 Å². The zero-order valence-electron chi connectivity index (χ0n) is 20.5. The standard InChI is InChI=1S/C24H34BrFN6O4/c1-14(2)20(31-21(34)15-7-9-16(25)10-8-15)23(36)32-12-4-6-18(32)22(35)30-17(19(33)13-26)5-3-11-29-24(27)28/h7-10,14,17-18,20H,3-6,11-13H2,1-2H3,(H,30,35)(H,31,34)(H4,27,28,29)/t17?,18-,20?/m0/s1. The van der Waals surface area contributed by atoms with Gasteiger partial charge in [-0.1, -0.05) is 29.8 Å². The van der Waals surface area contributed by atoms with Crippen LogP contribution in [0.2, 0.25) is 0 Å². The smallest absolute Gasteiger partial charge is 0.251 e. The van der Waals surface area contributed by atoms with E-state index in [1.54, 1.807) is 24.3 Å². The third-order valence-corrected chi connectivity index (χ3v) is 6.48. The van der Waals surface area contributed by atoms with Gasteiger partial charge in [0.15, 0.2) is 11.7 Å². The van der Waals surface area contributed by atoms with Crippen LogP contribution in [0, 0.1) is 5.92 Å². The third-order valence-electron chi connectivity index (χ3n) is 5.95. The molecule has 12 heteroatoms. The van der Waals surface area contributed by atoms with Crippen LogP contribution < -0.4 is 22.1 Å². The minimum Gasteiger partial charge on any atom is -0.370 e. The topological polar surface area (TPSA) is 160 Å². The number of likely N-dealkylation sites (tertiary alicyclic amines) is 1. The number of alkyl halides is 1. The summed E-state index contributed by atoms with van der Waals surface area (Å²) in [6.07, 6.45) is 1.50. The number of benzene rings is 1. The Bertz CT molecular complexity index is 968. The molecule has 1 aromatic rings. The van der Waals surface area contributed by atoms with Crippen molar-refractivity contribution >= 4 is 45.4 Å². The SMILES string of the molecule is CC(C)C(NC(=O)c1ccc(Br)cc1)C(=O)N1CCC[C@H]1C(=O)NC(CCCN=C(N)N)C(=O)CF. The number of Topliss-reactive ketones (excluding diaryl/α,β-unsaturated/α-hetero) is 1. The summed E-state index contributed by atoms with van der Waals surface area (Å²) in [6.45, 7) is 2.96. The van der Waals surface area contributed by atoms with Crippen LogP contribution in [-0.2, 0) is 14.4 Å². The number of carbonyl (C=O) groups is 4. The highest BCUT2D eigenvalue weighted by atomic mass is 79.9. The number of hydrogen-bond donors (Lipinski definition) is 4. The molecule has 1 aromatic carbocycles. The molecule has 0 aromatic heterocycles. The van der Waals surface area contributed by atoms with E-state index in [4.69, 9.17) is 11.5 Å². The molecule has 0 saturated carbocycles. The van der Waals surface area contributed by atoms with Crippen molar-refractivity contribution in [3.05, 3.63) is 34.3 Å². The van der Waals surface area contributed by atoms with Gasteiger partial charge in [-0.3, -0.25) is 24.2 Å². The molecule has 0 aliphatic carbocycles. The molecule has 1 heterocycles. The number of ketones is 1. The van der Waals surface area contributed by atoms with Gasteiger partial charge in [0.1, 0.15) is 18.8 Å². The molecule has 3 amide bonds. The molecule has 1 saturated heterocycles. The predicted octanol–water partition coefficient (Wildman–Crippen LogP) is 1.27. The largest absolute Gasteiger partial charge is 0.370 e. The van der Waals surface area contributed by atoms with Gasteiger partial charge in [-0.15, -0.1) is 0 Å². The molecule has 10 nitrogen and oxygen atoms in total. The molecule has 2 unspecified atom stereocenters. The van der Waals surface area contributed by atoms with E-state index in [-0.39, 0.29) is 30.8 Å². The lowest BCUT2D eigenvalue weighted by Gasteiger charge is -2.31. The number of hydrogen-bond acceptors (Lipinski definition) is 5. The van der Waals surface area contributed by atoms with Crippen molar-refractivity contribution in [1.82, 2.24) is 15.5 Å². The summed E-state index contributed by atoms with van der Waals surface area (Å²) in [5, 5.41) is 5.38. The Kier molecular flexibility index (Phi) is 11.3. The van der Waals surface area contributed by atoms with Crippen LogP contribution in [0.1, 0.15) is 49.9 Å². The zero-order valence-corrected chi connectivity index (χ0v) is 22.1. The second-order valence-electron chi connectivity index (χ2n) is 9.00. The first kappa shape index (κ1) is 29.2. The second-order valence-corrected chi connectivity index (χ2v) is 9.92. The summed E-state index contributed by atoms with van der Waals surface area (Å²) < 4.78 is 13.9.